The van der Waals surface area contributed by atoms with Crippen LogP contribution in [0.5, 0.6) is 0 Å². The minimum atomic E-state index is -0.183. The highest BCUT2D eigenvalue weighted by Crippen LogP contribution is 2.16. The summed E-state index contributed by atoms with van der Waals surface area (Å²) in [6, 6.07) is 4.05. The highest BCUT2D eigenvalue weighted by molar-refractivity contribution is 7.99. The van der Waals surface area contributed by atoms with Crippen LogP contribution in [-0.2, 0) is 16.0 Å². The first-order valence-electron chi connectivity index (χ1n) is 7.81. The van der Waals surface area contributed by atoms with Gasteiger partial charge >= 0.3 is 0 Å². The number of H-pyrrole nitrogens is 1. The van der Waals surface area contributed by atoms with Crippen molar-refractivity contribution in [2.24, 2.45) is 0 Å². The quantitative estimate of drug-likeness (QED) is 0.722. The number of hydrogen-bond acceptors (Lipinski definition) is 6. The first-order chi connectivity index (χ1) is 11.7. The Bertz CT molecular complexity index is 680. The first kappa shape index (κ1) is 17.0. The van der Waals surface area contributed by atoms with E-state index in [4.69, 9.17) is 0 Å². The van der Waals surface area contributed by atoms with Crippen molar-refractivity contribution >= 4 is 34.9 Å². The summed E-state index contributed by atoms with van der Waals surface area (Å²) >= 11 is 2.93. The van der Waals surface area contributed by atoms with Gasteiger partial charge in [-0.1, -0.05) is 17.8 Å². The first-order valence-corrected chi connectivity index (χ1v) is 9.68. The van der Waals surface area contributed by atoms with Gasteiger partial charge in [-0.15, -0.1) is 16.4 Å². The molecule has 2 aromatic rings. The zero-order valence-corrected chi connectivity index (χ0v) is 14.8. The number of thioether (sulfide) groups is 1. The number of rotatable bonds is 7. The topological polar surface area (TPSA) is 91.0 Å². The Kier molecular flexibility index (Phi) is 5.86. The van der Waals surface area contributed by atoms with E-state index in [-0.39, 0.29) is 24.1 Å². The van der Waals surface area contributed by atoms with Gasteiger partial charge in [0.1, 0.15) is 5.82 Å². The molecule has 9 heteroatoms. The third-order valence-corrected chi connectivity index (χ3v) is 5.38. The van der Waals surface area contributed by atoms with Gasteiger partial charge in [0.25, 0.3) is 0 Å². The van der Waals surface area contributed by atoms with E-state index in [1.807, 2.05) is 17.5 Å². The lowest BCUT2D eigenvalue weighted by molar-refractivity contribution is -0.131. The Morgan fingerprint density at radius 3 is 2.96 bits per heavy atom. The Hall–Kier alpha value is -1.87. The molecule has 0 aliphatic carbocycles. The lowest BCUT2D eigenvalue weighted by Gasteiger charge is -2.15. The fourth-order valence-corrected chi connectivity index (χ4v) is 3.79. The maximum atomic E-state index is 11.9. The molecule has 0 radical (unpaired) electrons. The number of amides is 2. The zero-order valence-electron chi connectivity index (χ0n) is 13.2. The predicted octanol–water partition coefficient (Wildman–Crippen LogP) is 1.29. The summed E-state index contributed by atoms with van der Waals surface area (Å²) in [5, 5.41) is 12.2. The third kappa shape index (κ3) is 4.81. The molecule has 2 aromatic heterocycles. The zero-order chi connectivity index (χ0) is 16.8. The van der Waals surface area contributed by atoms with Crippen LogP contribution in [0.15, 0.2) is 22.7 Å². The number of nitrogens with zero attached hydrogens (tertiary/aromatic N) is 3. The van der Waals surface area contributed by atoms with Crippen molar-refractivity contribution in [2.75, 3.05) is 25.4 Å². The van der Waals surface area contributed by atoms with Gasteiger partial charge in [-0.2, -0.15) is 0 Å². The molecule has 1 aliphatic heterocycles. The SMILES string of the molecule is O=C(CSc1n[nH]c(Cc2cccs2)n1)NCC(=O)N1CCCC1. The van der Waals surface area contributed by atoms with Gasteiger partial charge in [0.2, 0.25) is 17.0 Å². The number of carbonyl (C=O) groups is 2. The van der Waals surface area contributed by atoms with Crippen LogP contribution in [0.4, 0.5) is 0 Å². The number of aromatic amines is 1. The molecule has 0 bridgehead atoms. The van der Waals surface area contributed by atoms with E-state index in [9.17, 15) is 9.59 Å². The van der Waals surface area contributed by atoms with Crippen molar-refractivity contribution in [3.05, 3.63) is 28.2 Å². The molecule has 1 fully saturated rings. The molecule has 0 saturated carbocycles. The second-order valence-corrected chi connectivity index (χ2v) is 7.45. The van der Waals surface area contributed by atoms with Crippen LogP contribution in [0.1, 0.15) is 23.5 Å². The van der Waals surface area contributed by atoms with Crippen molar-refractivity contribution in [1.82, 2.24) is 25.4 Å². The lowest BCUT2D eigenvalue weighted by Crippen LogP contribution is -2.39. The molecular formula is C15H19N5O2S2. The molecule has 24 heavy (non-hydrogen) atoms. The Morgan fingerprint density at radius 1 is 1.38 bits per heavy atom. The highest BCUT2D eigenvalue weighted by atomic mass is 32.2. The monoisotopic (exact) mass is 365 g/mol. The standard InChI is InChI=1S/C15H19N5O2S2/c21-13(16-9-14(22)20-5-1-2-6-20)10-24-15-17-12(18-19-15)8-11-4-3-7-23-11/h3-4,7H,1-2,5-6,8-10H2,(H,16,21)(H,17,18,19). The van der Waals surface area contributed by atoms with E-state index in [0.29, 0.717) is 11.6 Å². The van der Waals surface area contributed by atoms with Gasteiger partial charge in [0.15, 0.2) is 0 Å². The molecule has 2 N–H and O–H groups in total. The largest absolute Gasteiger partial charge is 0.346 e. The maximum Gasteiger partial charge on any atom is 0.241 e. The van der Waals surface area contributed by atoms with Crippen molar-refractivity contribution < 1.29 is 9.59 Å². The minimum Gasteiger partial charge on any atom is -0.346 e. The molecule has 0 unspecified atom stereocenters. The van der Waals surface area contributed by atoms with E-state index in [0.717, 1.165) is 31.8 Å². The van der Waals surface area contributed by atoms with Gasteiger partial charge in [0, 0.05) is 24.4 Å². The maximum absolute atomic E-state index is 11.9. The Labute approximate surface area is 148 Å². The molecular weight excluding hydrogens is 346 g/mol. The molecule has 0 spiro atoms. The van der Waals surface area contributed by atoms with E-state index in [1.54, 1.807) is 16.2 Å². The molecule has 128 valence electrons. The lowest BCUT2D eigenvalue weighted by atomic mass is 10.3. The number of nitrogens with one attached hydrogen (secondary N) is 2. The molecule has 7 nitrogen and oxygen atoms in total. The van der Waals surface area contributed by atoms with Crippen LogP contribution in [0.25, 0.3) is 0 Å². The van der Waals surface area contributed by atoms with Gasteiger partial charge in [-0.25, -0.2) is 4.98 Å². The van der Waals surface area contributed by atoms with Crippen LogP contribution in [0.3, 0.4) is 0 Å². The van der Waals surface area contributed by atoms with Gasteiger partial charge < -0.3 is 10.2 Å². The smallest absolute Gasteiger partial charge is 0.241 e. The van der Waals surface area contributed by atoms with Crippen LogP contribution in [0, 0.1) is 0 Å². The number of thiophene rings is 1. The van der Waals surface area contributed by atoms with E-state index in [1.165, 1.54) is 16.6 Å². The number of hydrogen-bond donors (Lipinski definition) is 2. The average Bonchev–Trinajstić information content (AvgIpc) is 3.33. The fraction of sp³-hybridized carbons (Fsp3) is 0.467. The van der Waals surface area contributed by atoms with Crippen LogP contribution >= 0.6 is 23.1 Å². The van der Waals surface area contributed by atoms with Crippen molar-refractivity contribution in [1.29, 1.82) is 0 Å². The molecule has 1 saturated heterocycles. The molecule has 1 aliphatic rings. The second-order valence-electron chi connectivity index (χ2n) is 5.47. The molecule has 2 amide bonds. The van der Waals surface area contributed by atoms with Crippen LogP contribution in [-0.4, -0.2) is 57.3 Å². The number of carbonyl (C=O) groups excluding carboxylic acids is 2. The minimum absolute atomic E-state index is 0.0121. The van der Waals surface area contributed by atoms with Gasteiger partial charge in [0.05, 0.1) is 12.3 Å². The van der Waals surface area contributed by atoms with Crippen molar-refractivity contribution in [2.45, 2.75) is 24.4 Å². The summed E-state index contributed by atoms with van der Waals surface area (Å²) in [4.78, 5) is 31.0. The van der Waals surface area contributed by atoms with Crippen molar-refractivity contribution in [3.63, 3.8) is 0 Å². The van der Waals surface area contributed by atoms with Crippen molar-refractivity contribution in [3.8, 4) is 0 Å². The summed E-state index contributed by atoms with van der Waals surface area (Å²) < 4.78 is 0. The molecule has 3 rings (SSSR count). The second kappa shape index (κ2) is 8.29. The van der Waals surface area contributed by atoms with E-state index >= 15 is 0 Å². The van der Waals surface area contributed by atoms with Crippen LogP contribution in [0.2, 0.25) is 0 Å². The average molecular weight is 365 g/mol. The highest BCUT2D eigenvalue weighted by Gasteiger charge is 2.18. The normalized spacial score (nSPS) is 14.1. The predicted molar refractivity (Wildman–Crippen MR) is 93.1 cm³/mol. The summed E-state index contributed by atoms with van der Waals surface area (Å²) in [5.74, 6) is 0.785. The number of likely N-dealkylation sites (tertiary alicyclic amines) is 1. The third-order valence-electron chi connectivity index (χ3n) is 3.66. The fourth-order valence-electron chi connectivity index (χ4n) is 2.43. The van der Waals surface area contributed by atoms with Gasteiger partial charge in [-0.3, -0.25) is 14.7 Å². The van der Waals surface area contributed by atoms with Gasteiger partial charge in [-0.05, 0) is 24.3 Å². The van der Waals surface area contributed by atoms with E-state index < -0.39 is 0 Å². The Balaban J connectivity index is 1.38. The molecule has 0 atom stereocenters. The summed E-state index contributed by atoms with van der Waals surface area (Å²) in [6.45, 7) is 1.67. The number of aromatic nitrogens is 3. The summed E-state index contributed by atoms with van der Waals surface area (Å²) in [5.41, 5.74) is 0. The molecule has 0 aromatic carbocycles. The van der Waals surface area contributed by atoms with E-state index in [2.05, 4.69) is 20.5 Å². The molecule has 3 heterocycles. The summed E-state index contributed by atoms with van der Waals surface area (Å²) in [6.07, 6.45) is 2.81. The Morgan fingerprint density at radius 2 is 2.21 bits per heavy atom. The summed E-state index contributed by atoms with van der Waals surface area (Å²) in [7, 11) is 0. The van der Waals surface area contributed by atoms with Crippen LogP contribution < -0.4 is 5.32 Å².